The van der Waals surface area contributed by atoms with Crippen molar-refractivity contribution in [2.45, 2.75) is 6.92 Å². The zero-order valence-electron chi connectivity index (χ0n) is 12.4. The molecule has 0 aliphatic carbocycles. The van der Waals surface area contributed by atoms with Crippen molar-refractivity contribution >= 4 is 34.4 Å². The van der Waals surface area contributed by atoms with Crippen LogP contribution >= 0.6 is 11.6 Å². The van der Waals surface area contributed by atoms with Gasteiger partial charge in [0.1, 0.15) is 17.1 Å². The van der Waals surface area contributed by atoms with Gasteiger partial charge in [0.2, 0.25) is 0 Å². The number of halogens is 2. The molecule has 0 unspecified atom stereocenters. The normalized spacial score (nSPS) is 10.6. The van der Waals surface area contributed by atoms with E-state index in [1.54, 1.807) is 19.1 Å². The number of anilines is 1. The summed E-state index contributed by atoms with van der Waals surface area (Å²) in [5.74, 6) is -0.391. The Kier molecular flexibility index (Phi) is 4.22. The maximum absolute atomic E-state index is 13.1. The van der Waals surface area contributed by atoms with Crippen LogP contribution in [0.1, 0.15) is 5.56 Å². The van der Waals surface area contributed by atoms with Crippen molar-refractivity contribution in [2.75, 3.05) is 5.32 Å². The van der Waals surface area contributed by atoms with Crippen LogP contribution in [0.5, 0.6) is 5.75 Å². The lowest BCUT2D eigenvalue weighted by atomic mass is 10.1. The van der Waals surface area contributed by atoms with Gasteiger partial charge in [-0.3, -0.25) is 5.32 Å². The van der Waals surface area contributed by atoms with E-state index in [-0.39, 0.29) is 16.5 Å². The van der Waals surface area contributed by atoms with Gasteiger partial charge in [-0.05, 0) is 42.8 Å². The Labute approximate surface area is 140 Å². The Balaban J connectivity index is 1.80. The van der Waals surface area contributed by atoms with E-state index in [0.717, 1.165) is 17.0 Å². The quantitative estimate of drug-likeness (QED) is 0.693. The first-order chi connectivity index (χ1) is 11.4. The molecule has 1 N–H and O–H groups in total. The van der Waals surface area contributed by atoms with Gasteiger partial charge >= 0.3 is 11.7 Å². The molecule has 24 heavy (non-hydrogen) atoms. The van der Waals surface area contributed by atoms with Crippen molar-refractivity contribution in [3.63, 3.8) is 0 Å². The van der Waals surface area contributed by atoms with Crippen molar-refractivity contribution in [1.82, 2.24) is 0 Å². The van der Waals surface area contributed by atoms with Gasteiger partial charge in [0.05, 0.1) is 5.02 Å². The first-order valence-electron chi connectivity index (χ1n) is 6.91. The number of aryl methyl sites for hydroxylation is 1. The number of amides is 1. The van der Waals surface area contributed by atoms with Crippen molar-refractivity contribution < 1.29 is 18.3 Å². The summed E-state index contributed by atoms with van der Waals surface area (Å²) >= 11 is 5.64. The predicted octanol–water partition coefficient (Wildman–Crippen LogP) is 4.50. The number of benzene rings is 2. The van der Waals surface area contributed by atoms with Crippen LogP contribution in [0.4, 0.5) is 14.9 Å². The summed E-state index contributed by atoms with van der Waals surface area (Å²) in [6, 6.07) is 9.84. The lowest BCUT2D eigenvalue weighted by molar-refractivity contribution is 0.215. The van der Waals surface area contributed by atoms with E-state index in [2.05, 4.69) is 5.32 Å². The van der Waals surface area contributed by atoms with Crippen molar-refractivity contribution in [3.8, 4) is 5.75 Å². The summed E-state index contributed by atoms with van der Waals surface area (Å²) in [5.41, 5.74) is 0.880. The number of rotatable bonds is 2. The molecular weight excluding hydrogens is 337 g/mol. The van der Waals surface area contributed by atoms with E-state index in [1.165, 1.54) is 24.3 Å². The molecular formula is C17H11ClFNO4. The molecule has 0 atom stereocenters. The summed E-state index contributed by atoms with van der Waals surface area (Å²) in [6.45, 7) is 1.78. The van der Waals surface area contributed by atoms with Gasteiger partial charge in [-0.25, -0.2) is 14.0 Å². The number of hydrogen-bond acceptors (Lipinski definition) is 4. The molecule has 122 valence electrons. The molecule has 2 aromatic carbocycles. The highest BCUT2D eigenvalue weighted by molar-refractivity contribution is 6.31. The lowest BCUT2D eigenvalue weighted by Gasteiger charge is -2.08. The smallest absolute Gasteiger partial charge is 0.417 e. The zero-order chi connectivity index (χ0) is 17.3. The molecule has 0 saturated carbocycles. The first-order valence-corrected chi connectivity index (χ1v) is 7.28. The number of nitrogens with one attached hydrogen (secondary N) is 1. The topological polar surface area (TPSA) is 68.5 Å². The fourth-order valence-corrected chi connectivity index (χ4v) is 2.37. The van der Waals surface area contributed by atoms with Crippen LogP contribution in [0, 0.1) is 12.7 Å². The van der Waals surface area contributed by atoms with Gasteiger partial charge < -0.3 is 9.15 Å². The molecule has 1 aromatic heterocycles. The molecule has 3 aromatic rings. The molecule has 0 bridgehead atoms. The highest BCUT2D eigenvalue weighted by Crippen LogP contribution is 2.23. The van der Waals surface area contributed by atoms with Crippen LogP contribution in [-0.2, 0) is 0 Å². The highest BCUT2D eigenvalue weighted by atomic mass is 35.5. The molecule has 1 amide bonds. The SMILES string of the molecule is Cc1cc(=O)oc2cc(OC(=O)Nc3ccc(F)c(Cl)c3)ccc12. The fourth-order valence-electron chi connectivity index (χ4n) is 2.19. The summed E-state index contributed by atoms with van der Waals surface area (Å²) in [4.78, 5) is 23.3. The first kappa shape index (κ1) is 16.0. The zero-order valence-corrected chi connectivity index (χ0v) is 13.2. The van der Waals surface area contributed by atoms with Gasteiger partial charge in [-0.1, -0.05) is 11.6 Å². The lowest BCUT2D eigenvalue weighted by Crippen LogP contribution is -2.16. The largest absolute Gasteiger partial charge is 0.423 e. The fraction of sp³-hybridized carbons (Fsp3) is 0.0588. The van der Waals surface area contributed by atoms with Crippen molar-refractivity contribution in [3.05, 3.63) is 69.3 Å². The van der Waals surface area contributed by atoms with Crippen LogP contribution < -0.4 is 15.7 Å². The van der Waals surface area contributed by atoms with Crippen molar-refractivity contribution in [2.24, 2.45) is 0 Å². The van der Waals surface area contributed by atoms with Gasteiger partial charge in [0.15, 0.2) is 0 Å². The molecule has 7 heteroatoms. The summed E-state index contributed by atoms with van der Waals surface area (Å²) < 4.78 is 23.3. The Morgan fingerprint density at radius 3 is 2.75 bits per heavy atom. The molecule has 1 heterocycles. The van der Waals surface area contributed by atoms with Gasteiger partial charge in [0, 0.05) is 23.2 Å². The van der Waals surface area contributed by atoms with Crippen LogP contribution in [0.3, 0.4) is 0 Å². The molecule has 0 aliphatic rings. The third kappa shape index (κ3) is 3.38. The van der Waals surface area contributed by atoms with Gasteiger partial charge in [-0.2, -0.15) is 0 Å². The molecule has 5 nitrogen and oxygen atoms in total. The van der Waals surface area contributed by atoms with Gasteiger partial charge in [0.25, 0.3) is 0 Å². The summed E-state index contributed by atoms with van der Waals surface area (Å²) in [7, 11) is 0. The second-order valence-electron chi connectivity index (χ2n) is 5.05. The number of ether oxygens (including phenoxy) is 1. The van der Waals surface area contributed by atoms with E-state index in [0.29, 0.717) is 5.58 Å². The number of carbonyl (C=O) groups excluding carboxylic acids is 1. The number of hydrogen-bond donors (Lipinski definition) is 1. The molecule has 0 saturated heterocycles. The second-order valence-corrected chi connectivity index (χ2v) is 5.46. The molecule has 0 radical (unpaired) electrons. The van der Waals surface area contributed by atoms with Crippen molar-refractivity contribution in [1.29, 1.82) is 0 Å². The third-order valence-electron chi connectivity index (χ3n) is 3.30. The Hall–Kier alpha value is -2.86. The Morgan fingerprint density at radius 2 is 2.00 bits per heavy atom. The van der Waals surface area contributed by atoms with E-state index < -0.39 is 17.5 Å². The summed E-state index contributed by atoms with van der Waals surface area (Å²) in [6.07, 6.45) is -0.785. The second kappa shape index (κ2) is 6.33. The highest BCUT2D eigenvalue weighted by Gasteiger charge is 2.09. The average Bonchev–Trinajstić information content (AvgIpc) is 2.50. The molecule has 3 rings (SSSR count). The number of fused-ring (bicyclic) bond motifs is 1. The van der Waals surface area contributed by atoms with E-state index in [9.17, 15) is 14.0 Å². The standard InChI is InChI=1S/C17H11ClFNO4/c1-9-6-16(21)24-15-8-11(3-4-12(9)15)23-17(22)20-10-2-5-14(19)13(18)7-10/h2-8H,1H3,(H,20,22). The average molecular weight is 348 g/mol. The summed E-state index contributed by atoms with van der Waals surface area (Å²) in [5, 5.41) is 3.05. The maximum Gasteiger partial charge on any atom is 0.417 e. The minimum atomic E-state index is -0.785. The van der Waals surface area contributed by atoms with Crippen LogP contribution in [0.25, 0.3) is 11.0 Å². The van der Waals surface area contributed by atoms with E-state index in [4.69, 9.17) is 20.8 Å². The minimum Gasteiger partial charge on any atom is -0.423 e. The molecule has 0 fully saturated rings. The van der Waals surface area contributed by atoms with Crippen LogP contribution in [0.2, 0.25) is 5.02 Å². The minimum absolute atomic E-state index is 0.115. The molecule has 0 aliphatic heterocycles. The van der Waals surface area contributed by atoms with Gasteiger partial charge in [-0.15, -0.1) is 0 Å². The Bertz CT molecular complexity index is 1000. The molecule has 0 spiro atoms. The van der Waals surface area contributed by atoms with E-state index in [1.807, 2.05) is 0 Å². The van der Waals surface area contributed by atoms with E-state index >= 15 is 0 Å². The van der Waals surface area contributed by atoms with Crippen LogP contribution in [0.15, 0.2) is 51.7 Å². The maximum atomic E-state index is 13.1. The predicted molar refractivity (Wildman–Crippen MR) is 88.3 cm³/mol. The third-order valence-corrected chi connectivity index (χ3v) is 3.59. The Morgan fingerprint density at radius 1 is 1.21 bits per heavy atom. The number of carbonyl (C=O) groups is 1. The van der Waals surface area contributed by atoms with Crippen LogP contribution in [-0.4, -0.2) is 6.09 Å². The monoisotopic (exact) mass is 347 g/mol.